The van der Waals surface area contributed by atoms with Crippen LogP contribution in [0.5, 0.6) is 0 Å². The van der Waals surface area contributed by atoms with Crippen molar-refractivity contribution in [3.8, 4) is 62.5 Å². The van der Waals surface area contributed by atoms with Crippen molar-refractivity contribution in [2.75, 3.05) is 0 Å². The average molecular weight is 671 g/mol. The van der Waals surface area contributed by atoms with Crippen LogP contribution in [-0.2, 0) is 5.41 Å². The van der Waals surface area contributed by atoms with Crippen LogP contribution in [0.4, 0.5) is 0 Å². The molecule has 250 valence electrons. The molecule has 4 saturated carbocycles. The molecule has 52 heavy (non-hydrogen) atoms. The molecule has 4 bridgehead atoms. The third kappa shape index (κ3) is 5.58. The minimum absolute atomic E-state index is 0.345. The Bertz CT molecular complexity index is 2460. The second-order valence-electron chi connectivity index (χ2n) is 15.5. The molecule has 0 radical (unpaired) electrons. The van der Waals surface area contributed by atoms with Gasteiger partial charge in [0.2, 0.25) is 0 Å². The van der Waals surface area contributed by atoms with Gasteiger partial charge in [0.05, 0.1) is 11.6 Å². The molecule has 0 amide bonds. The lowest BCUT2D eigenvalue weighted by atomic mass is 9.48. The molecule has 4 nitrogen and oxygen atoms in total. The van der Waals surface area contributed by atoms with Gasteiger partial charge in [0, 0.05) is 16.7 Å². The van der Waals surface area contributed by atoms with E-state index < -0.39 is 0 Å². The SMILES string of the molecule is N#Cc1ccc(-c2cc(-c3ccc4ccccc4c3)cc(-c3nc(-c4ccccc4)nc(-c4ccc(C56C[C@H]7C[C@@H](C5)C[C@@H](C6)C7)cc4)n3)c2)cc1. The van der Waals surface area contributed by atoms with Gasteiger partial charge >= 0.3 is 0 Å². The third-order valence-electron chi connectivity index (χ3n) is 12.1. The van der Waals surface area contributed by atoms with Crippen LogP contribution >= 0.6 is 0 Å². The van der Waals surface area contributed by atoms with E-state index in [-0.39, 0.29) is 0 Å². The normalized spacial score (nSPS) is 21.6. The van der Waals surface area contributed by atoms with Crippen LogP contribution in [0.15, 0.2) is 140 Å². The van der Waals surface area contributed by atoms with Gasteiger partial charge in [-0.15, -0.1) is 0 Å². The Morgan fingerprint density at radius 2 is 0.942 bits per heavy atom. The van der Waals surface area contributed by atoms with E-state index in [2.05, 4.69) is 103 Å². The van der Waals surface area contributed by atoms with Gasteiger partial charge in [0.15, 0.2) is 17.5 Å². The summed E-state index contributed by atoms with van der Waals surface area (Å²) in [5, 5.41) is 11.9. The molecule has 0 atom stereocenters. The summed E-state index contributed by atoms with van der Waals surface area (Å²) in [5.41, 5.74) is 9.62. The molecule has 6 aromatic carbocycles. The zero-order valence-electron chi connectivity index (χ0n) is 29.0. The highest BCUT2D eigenvalue weighted by Gasteiger charge is 2.51. The Morgan fingerprint density at radius 3 is 1.58 bits per heavy atom. The van der Waals surface area contributed by atoms with Crippen molar-refractivity contribution in [2.45, 2.75) is 43.9 Å². The third-order valence-corrected chi connectivity index (χ3v) is 12.1. The van der Waals surface area contributed by atoms with E-state index in [0.29, 0.717) is 28.5 Å². The van der Waals surface area contributed by atoms with Gasteiger partial charge < -0.3 is 0 Å². The minimum atomic E-state index is 0.345. The van der Waals surface area contributed by atoms with Gasteiger partial charge in [0.1, 0.15) is 0 Å². The first kappa shape index (κ1) is 30.9. The van der Waals surface area contributed by atoms with Crippen molar-refractivity contribution in [2.24, 2.45) is 17.8 Å². The standard InChI is InChI=1S/C48H38N4/c49-30-31-10-12-36(13-11-31)41-24-42(40-15-14-35-6-4-5-9-39(35)23-40)26-43(25-41)47-51-45(37-7-2-1-3-8-37)50-46(52-47)38-16-18-44(19-17-38)48-27-32-20-33(28-48)22-34(21-32)29-48/h1-19,23-26,32-34H,20-22,27-29H2/t32-,33+,34-,48?. The van der Waals surface area contributed by atoms with E-state index >= 15 is 0 Å². The van der Waals surface area contributed by atoms with E-state index in [0.717, 1.165) is 56.7 Å². The Labute approximate surface area is 304 Å². The lowest BCUT2D eigenvalue weighted by Gasteiger charge is -2.57. The summed E-state index contributed by atoms with van der Waals surface area (Å²) in [4.78, 5) is 15.4. The zero-order chi connectivity index (χ0) is 34.6. The predicted molar refractivity (Wildman–Crippen MR) is 209 cm³/mol. The summed E-state index contributed by atoms with van der Waals surface area (Å²) in [7, 11) is 0. The van der Waals surface area contributed by atoms with Gasteiger partial charge in [-0.2, -0.15) is 5.26 Å². The second-order valence-corrected chi connectivity index (χ2v) is 15.5. The molecule has 4 fully saturated rings. The van der Waals surface area contributed by atoms with E-state index in [1.165, 1.54) is 54.9 Å². The van der Waals surface area contributed by atoms with E-state index in [9.17, 15) is 5.26 Å². The lowest BCUT2D eigenvalue weighted by Crippen LogP contribution is -2.48. The van der Waals surface area contributed by atoms with Crippen molar-refractivity contribution < 1.29 is 0 Å². The Morgan fingerprint density at radius 1 is 0.442 bits per heavy atom. The molecule has 0 spiro atoms. The highest BCUT2D eigenvalue weighted by Crippen LogP contribution is 2.60. The number of hydrogen-bond acceptors (Lipinski definition) is 4. The molecule has 0 aliphatic heterocycles. The number of aromatic nitrogens is 3. The van der Waals surface area contributed by atoms with Gasteiger partial charge in [-0.3, -0.25) is 0 Å². The maximum Gasteiger partial charge on any atom is 0.164 e. The summed E-state index contributed by atoms with van der Waals surface area (Å²) >= 11 is 0. The number of hydrogen-bond donors (Lipinski definition) is 0. The first-order valence-corrected chi connectivity index (χ1v) is 18.7. The molecule has 0 unspecified atom stereocenters. The number of benzene rings is 6. The van der Waals surface area contributed by atoms with Crippen molar-refractivity contribution >= 4 is 10.8 Å². The molecule has 11 rings (SSSR count). The van der Waals surface area contributed by atoms with Crippen LogP contribution in [-0.4, -0.2) is 15.0 Å². The monoisotopic (exact) mass is 670 g/mol. The van der Waals surface area contributed by atoms with E-state index in [1.54, 1.807) is 0 Å². The van der Waals surface area contributed by atoms with Gasteiger partial charge in [0.25, 0.3) is 0 Å². The first-order valence-electron chi connectivity index (χ1n) is 18.7. The number of nitriles is 1. The topological polar surface area (TPSA) is 62.5 Å². The van der Waals surface area contributed by atoms with Gasteiger partial charge in [-0.25, -0.2) is 15.0 Å². The summed E-state index contributed by atoms with van der Waals surface area (Å²) in [6.45, 7) is 0. The van der Waals surface area contributed by atoms with Crippen molar-refractivity contribution in [3.05, 3.63) is 151 Å². The molecule has 1 heterocycles. The highest BCUT2D eigenvalue weighted by molar-refractivity contribution is 5.89. The number of rotatable bonds is 6. The average Bonchev–Trinajstić information content (AvgIpc) is 3.20. The lowest BCUT2D eigenvalue weighted by molar-refractivity contribution is -0.00518. The Kier molecular flexibility index (Phi) is 7.35. The fourth-order valence-electron chi connectivity index (χ4n) is 9.98. The van der Waals surface area contributed by atoms with Crippen LogP contribution in [0.3, 0.4) is 0 Å². The maximum atomic E-state index is 9.47. The summed E-state index contributed by atoms with van der Waals surface area (Å²) in [6, 6.07) is 51.1. The predicted octanol–water partition coefficient (Wildman–Crippen LogP) is 11.7. The molecular weight excluding hydrogens is 633 g/mol. The second kappa shape index (κ2) is 12.4. The molecular formula is C48H38N4. The van der Waals surface area contributed by atoms with Gasteiger partial charge in [-0.1, -0.05) is 103 Å². The Balaban J connectivity index is 1.10. The molecule has 1 aromatic heterocycles. The molecule has 0 N–H and O–H groups in total. The Hall–Kier alpha value is -5.92. The van der Waals surface area contributed by atoms with Crippen LogP contribution in [0.1, 0.15) is 49.7 Å². The van der Waals surface area contributed by atoms with Crippen LogP contribution in [0.2, 0.25) is 0 Å². The fraction of sp³-hybridized carbons (Fsp3) is 0.208. The van der Waals surface area contributed by atoms with Crippen LogP contribution in [0.25, 0.3) is 67.2 Å². The molecule has 4 aliphatic carbocycles. The van der Waals surface area contributed by atoms with Gasteiger partial charge in [-0.05, 0) is 137 Å². The van der Waals surface area contributed by atoms with E-state index in [1.807, 2.05) is 42.5 Å². The van der Waals surface area contributed by atoms with E-state index in [4.69, 9.17) is 15.0 Å². The maximum absolute atomic E-state index is 9.47. The summed E-state index contributed by atoms with van der Waals surface area (Å²) in [6.07, 6.45) is 8.39. The first-order chi connectivity index (χ1) is 25.6. The zero-order valence-corrected chi connectivity index (χ0v) is 29.0. The molecule has 4 aliphatic rings. The molecule has 0 saturated heterocycles. The van der Waals surface area contributed by atoms with Crippen molar-refractivity contribution in [1.29, 1.82) is 5.26 Å². The summed E-state index contributed by atoms with van der Waals surface area (Å²) in [5.74, 6) is 4.69. The van der Waals surface area contributed by atoms with Crippen molar-refractivity contribution in [3.63, 3.8) is 0 Å². The van der Waals surface area contributed by atoms with Crippen molar-refractivity contribution in [1.82, 2.24) is 15.0 Å². The highest BCUT2D eigenvalue weighted by atomic mass is 15.0. The van der Waals surface area contributed by atoms with Crippen LogP contribution < -0.4 is 0 Å². The molecule has 7 aromatic rings. The van der Waals surface area contributed by atoms with Crippen LogP contribution in [0, 0.1) is 29.1 Å². The number of nitrogens with zero attached hydrogens (tertiary/aromatic N) is 4. The summed E-state index contributed by atoms with van der Waals surface area (Å²) < 4.78 is 0. The quantitative estimate of drug-likeness (QED) is 0.177. The number of fused-ring (bicyclic) bond motifs is 1. The smallest absolute Gasteiger partial charge is 0.164 e. The largest absolute Gasteiger partial charge is 0.208 e. The fourth-order valence-corrected chi connectivity index (χ4v) is 9.98. The minimum Gasteiger partial charge on any atom is -0.208 e. The molecule has 4 heteroatoms.